The summed E-state index contributed by atoms with van der Waals surface area (Å²) in [6.45, 7) is 1.02. The first-order valence-corrected chi connectivity index (χ1v) is 4.92. The highest BCUT2D eigenvalue weighted by molar-refractivity contribution is 5.71. The molecule has 1 aromatic rings. The molecule has 0 aliphatic heterocycles. The SMILES string of the molecule is Cc1cc(C(F)(F)F)cc(C(F)(F)F)c1CC(=O)O. The Morgan fingerprint density at radius 3 is 2.00 bits per heavy atom. The van der Waals surface area contributed by atoms with Crippen LogP contribution in [0, 0.1) is 6.92 Å². The minimum Gasteiger partial charge on any atom is -0.481 e. The van der Waals surface area contributed by atoms with Gasteiger partial charge >= 0.3 is 18.3 Å². The van der Waals surface area contributed by atoms with Gasteiger partial charge < -0.3 is 5.11 Å². The zero-order valence-corrected chi connectivity index (χ0v) is 9.49. The summed E-state index contributed by atoms with van der Waals surface area (Å²) in [4.78, 5) is 10.5. The number of hydrogen-bond acceptors (Lipinski definition) is 1. The Morgan fingerprint density at radius 1 is 1.11 bits per heavy atom. The minimum absolute atomic E-state index is 0.0642. The summed E-state index contributed by atoms with van der Waals surface area (Å²) in [5, 5.41) is 8.52. The lowest BCUT2D eigenvalue weighted by Gasteiger charge is -2.17. The van der Waals surface area contributed by atoms with Crippen LogP contribution < -0.4 is 0 Å². The van der Waals surface area contributed by atoms with Crippen LogP contribution in [0.3, 0.4) is 0 Å². The highest BCUT2D eigenvalue weighted by atomic mass is 19.4. The summed E-state index contributed by atoms with van der Waals surface area (Å²) in [5.41, 5.74) is -4.04. The van der Waals surface area contributed by atoms with Gasteiger partial charge in [0.15, 0.2) is 0 Å². The van der Waals surface area contributed by atoms with E-state index in [9.17, 15) is 31.1 Å². The van der Waals surface area contributed by atoms with Gasteiger partial charge in [-0.15, -0.1) is 0 Å². The largest absolute Gasteiger partial charge is 0.481 e. The van der Waals surface area contributed by atoms with Crippen molar-refractivity contribution in [1.29, 1.82) is 0 Å². The quantitative estimate of drug-likeness (QED) is 0.842. The van der Waals surface area contributed by atoms with E-state index in [0.717, 1.165) is 6.92 Å². The Hall–Kier alpha value is -1.73. The fourth-order valence-corrected chi connectivity index (χ4v) is 1.62. The summed E-state index contributed by atoms with van der Waals surface area (Å²) < 4.78 is 75.4. The molecule has 0 radical (unpaired) electrons. The Labute approximate surface area is 103 Å². The zero-order chi connectivity index (χ0) is 15.0. The third kappa shape index (κ3) is 3.62. The first-order chi connectivity index (χ1) is 8.43. The average Bonchev–Trinajstić information content (AvgIpc) is 2.16. The van der Waals surface area contributed by atoms with Crippen LogP contribution in [0.25, 0.3) is 0 Å². The fourth-order valence-electron chi connectivity index (χ4n) is 1.62. The Bertz CT molecular complexity index is 501. The number of benzene rings is 1. The van der Waals surface area contributed by atoms with Gasteiger partial charge in [-0.1, -0.05) is 0 Å². The first kappa shape index (κ1) is 15.3. The van der Waals surface area contributed by atoms with Gasteiger partial charge in [-0.2, -0.15) is 26.3 Å². The van der Waals surface area contributed by atoms with Crippen molar-refractivity contribution in [1.82, 2.24) is 0 Å². The number of aryl methyl sites for hydroxylation is 1. The van der Waals surface area contributed by atoms with Crippen LogP contribution in [-0.2, 0) is 23.6 Å². The number of aliphatic carboxylic acids is 1. The van der Waals surface area contributed by atoms with Gasteiger partial charge in [0.2, 0.25) is 0 Å². The number of halogens is 6. The van der Waals surface area contributed by atoms with Crippen molar-refractivity contribution in [3.8, 4) is 0 Å². The van der Waals surface area contributed by atoms with Crippen LogP contribution in [0.1, 0.15) is 22.3 Å². The van der Waals surface area contributed by atoms with Crippen LogP contribution in [0.2, 0.25) is 0 Å². The van der Waals surface area contributed by atoms with E-state index in [2.05, 4.69) is 0 Å². The minimum atomic E-state index is -5.04. The highest BCUT2D eigenvalue weighted by Gasteiger charge is 2.39. The maximum absolute atomic E-state index is 12.7. The van der Waals surface area contributed by atoms with E-state index in [4.69, 9.17) is 5.11 Å². The van der Waals surface area contributed by atoms with Crippen molar-refractivity contribution in [2.75, 3.05) is 0 Å². The molecule has 0 aromatic heterocycles. The second-order valence-corrected chi connectivity index (χ2v) is 3.89. The molecule has 1 aromatic carbocycles. The number of rotatable bonds is 2. The van der Waals surface area contributed by atoms with Crippen molar-refractivity contribution in [2.24, 2.45) is 0 Å². The third-order valence-electron chi connectivity index (χ3n) is 2.43. The molecule has 0 saturated heterocycles. The van der Waals surface area contributed by atoms with E-state index in [1.807, 2.05) is 0 Å². The normalized spacial score (nSPS) is 12.6. The van der Waals surface area contributed by atoms with Crippen LogP contribution in [0.4, 0.5) is 26.3 Å². The van der Waals surface area contributed by atoms with Crippen molar-refractivity contribution >= 4 is 5.97 Å². The van der Waals surface area contributed by atoms with E-state index in [1.165, 1.54) is 0 Å². The third-order valence-corrected chi connectivity index (χ3v) is 2.43. The van der Waals surface area contributed by atoms with Crippen molar-refractivity contribution in [3.05, 3.63) is 34.4 Å². The van der Waals surface area contributed by atoms with Crippen molar-refractivity contribution in [3.63, 3.8) is 0 Å². The summed E-state index contributed by atoms with van der Waals surface area (Å²) in [6.07, 6.45) is -11.0. The fraction of sp³-hybridized carbons (Fsp3) is 0.364. The van der Waals surface area contributed by atoms with Crippen molar-refractivity contribution < 1.29 is 36.2 Å². The van der Waals surface area contributed by atoms with Crippen LogP contribution >= 0.6 is 0 Å². The lowest BCUT2D eigenvalue weighted by Crippen LogP contribution is -2.17. The van der Waals surface area contributed by atoms with E-state index >= 15 is 0 Å². The van der Waals surface area contributed by atoms with Crippen LogP contribution in [0.5, 0.6) is 0 Å². The number of hydrogen-bond donors (Lipinski definition) is 1. The Balaban J connectivity index is 3.52. The molecule has 0 fully saturated rings. The van der Waals surface area contributed by atoms with Gasteiger partial charge in [-0.25, -0.2) is 0 Å². The Kier molecular flexibility index (Phi) is 3.83. The molecule has 8 heteroatoms. The molecule has 0 saturated carbocycles. The molecule has 0 spiro atoms. The molecule has 0 atom stereocenters. The molecule has 0 amide bonds. The molecule has 0 aliphatic carbocycles. The molecule has 19 heavy (non-hydrogen) atoms. The van der Waals surface area contributed by atoms with E-state index in [0.29, 0.717) is 6.07 Å². The molecule has 0 heterocycles. The predicted octanol–water partition coefficient (Wildman–Crippen LogP) is 3.66. The first-order valence-electron chi connectivity index (χ1n) is 4.92. The van der Waals surface area contributed by atoms with Gasteiger partial charge in [0.25, 0.3) is 0 Å². The van der Waals surface area contributed by atoms with Crippen LogP contribution in [-0.4, -0.2) is 11.1 Å². The zero-order valence-electron chi connectivity index (χ0n) is 9.49. The standard InChI is InChI=1S/C11H8F6O2/c1-5-2-6(10(12,13)14)3-8(11(15,16)17)7(5)4-9(18)19/h2-3H,4H2,1H3,(H,18,19). The molecule has 106 valence electrons. The smallest absolute Gasteiger partial charge is 0.416 e. The second kappa shape index (κ2) is 4.75. The predicted molar refractivity (Wildman–Crippen MR) is 52.5 cm³/mol. The maximum atomic E-state index is 12.7. The highest BCUT2D eigenvalue weighted by Crippen LogP contribution is 2.38. The summed E-state index contributed by atoms with van der Waals surface area (Å²) >= 11 is 0. The number of carbonyl (C=O) groups is 1. The van der Waals surface area contributed by atoms with Gasteiger partial charge in [0, 0.05) is 0 Å². The maximum Gasteiger partial charge on any atom is 0.416 e. The molecule has 0 aliphatic rings. The summed E-state index contributed by atoms with van der Waals surface area (Å²) in [7, 11) is 0. The molecule has 0 bridgehead atoms. The van der Waals surface area contributed by atoms with Crippen LogP contribution in [0.15, 0.2) is 12.1 Å². The topological polar surface area (TPSA) is 37.3 Å². The lowest BCUT2D eigenvalue weighted by molar-refractivity contribution is -0.143. The molecule has 2 nitrogen and oxygen atoms in total. The van der Waals surface area contributed by atoms with E-state index in [1.54, 1.807) is 0 Å². The number of carboxylic acid groups (broad SMARTS) is 1. The molecule has 0 unspecified atom stereocenters. The Morgan fingerprint density at radius 2 is 1.63 bits per heavy atom. The van der Waals surface area contributed by atoms with Gasteiger partial charge in [-0.05, 0) is 30.2 Å². The van der Waals surface area contributed by atoms with Crippen molar-refractivity contribution in [2.45, 2.75) is 25.7 Å². The lowest BCUT2D eigenvalue weighted by atomic mass is 9.95. The molecular weight excluding hydrogens is 278 g/mol. The molecular formula is C11H8F6O2. The summed E-state index contributed by atoms with van der Waals surface area (Å²) in [5.74, 6) is -1.55. The monoisotopic (exact) mass is 286 g/mol. The van der Waals surface area contributed by atoms with Gasteiger partial charge in [0.1, 0.15) is 0 Å². The van der Waals surface area contributed by atoms with Gasteiger partial charge in [-0.3, -0.25) is 4.79 Å². The summed E-state index contributed by atoms with van der Waals surface area (Å²) in [6, 6.07) is 0.443. The second-order valence-electron chi connectivity index (χ2n) is 3.89. The van der Waals surface area contributed by atoms with Gasteiger partial charge in [0.05, 0.1) is 17.5 Å². The average molecular weight is 286 g/mol. The number of alkyl halides is 6. The molecule has 1 N–H and O–H groups in total. The van der Waals surface area contributed by atoms with E-state index < -0.39 is 41.4 Å². The molecule has 1 rings (SSSR count). The van der Waals surface area contributed by atoms with E-state index in [-0.39, 0.29) is 11.6 Å². The number of carboxylic acids is 1.